The van der Waals surface area contributed by atoms with E-state index in [-0.39, 0.29) is 11.5 Å². The van der Waals surface area contributed by atoms with Gasteiger partial charge in [0.25, 0.3) is 5.56 Å². The van der Waals surface area contributed by atoms with Crippen LogP contribution >= 0.6 is 11.8 Å². The molecule has 0 fully saturated rings. The Hall–Kier alpha value is -2.35. The van der Waals surface area contributed by atoms with Crippen LogP contribution in [-0.4, -0.2) is 32.3 Å². The van der Waals surface area contributed by atoms with E-state index in [1.165, 1.54) is 11.8 Å². The van der Waals surface area contributed by atoms with Gasteiger partial charge in [-0.1, -0.05) is 37.7 Å². The molecule has 0 saturated carbocycles. The molecule has 3 amide bonds. The average molecular weight is 405 g/mol. The first-order valence-electron chi connectivity index (χ1n) is 9.27. The van der Waals surface area contributed by atoms with Gasteiger partial charge in [-0.25, -0.2) is 9.78 Å². The second kappa shape index (κ2) is 8.77. The maximum absolute atomic E-state index is 12.9. The fraction of sp³-hybridized carbons (Fsp3) is 0.500. The van der Waals surface area contributed by atoms with Crippen molar-refractivity contribution in [1.82, 2.24) is 20.2 Å². The van der Waals surface area contributed by atoms with Gasteiger partial charge in [-0.15, -0.1) is 0 Å². The monoisotopic (exact) mass is 404 g/mol. The molecule has 0 aliphatic rings. The first kappa shape index (κ1) is 21.9. The van der Waals surface area contributed by atoms with Crippen molar-refractivity contribution in [3.8, 4) is 0 Å². The highest BCUT2D eigenvalue weighted by Gasteiger charge is 2.22. The Kier molecular flexibility index (Phi) is 6.87. The number of imide groups is 1. The third kappa shape index (κ3) is 5.82. The van der Waals surface area contributed by atoms with Crippen LogP contribution in [0.1, 0.15) is 41.5 Å². The molecular weight excluding hydrogens is 376 g/mol. The van der Waals surface area contributed by atoms with Crippen molar-refractivity contribution in [2.75, 3.05) is 0 Å². The topological polar surface area (TPSA) is 93.1 Å². The van der Waals surface area contributed by atoms with Crippen LogP contribution in [0.15, 0.2) is 34.2 Å². The Bertz CT molecular complexity index is 931. The second-order valence-electron chi connectivity index (χ2n) is 8.17. The van der Waals surface area contributed by atoms with Gasteiger partial charge < -0.3 is 5.32 Å². The summed E-state index contributed by atoms with van der Waals surface area (Å²) in [6, 6.07) is 6.62. The van der Waals surface area contributed by atoms with E-state index in [2.05, 4.69) is 15.6 Å². The molecule has 0 unspecified atom stereocenters. The summed E-state index contributed by atoms with van der Waals surface area (Å²) < 4.78 is 1.61. The Balaban J connectivity index is 2.27. The van der Waals surface area contributed by atoms with Gasteiger partial charge in [0.1, 0.15) is 0 Å². The van der Waals surface area contributed by atoms with E-state index in [4.69, 9.17) is 0 Å². The molecule has 1 heterocycles. The van der Waals surface area contributed by atoms with Crippen LogP contribution in [0.2, 0.25) is 0 Å². The zero-order valence-electron chi connectivity index (χ0n) is 17.2. The second-order valence-corrected chi connectivity index (χ2v) is 9.48. The van der Waals surface area contributed by atoms with Crippen molar-refractivity contribution in [2.45, 2.75) is 64.0 Å². The van der Waals surface area contributed by atoms with Crippen LogP contribution in [-0.2, 0) is 11.3 Å². The van der Waals surface area contributed by atoms with E-state index in [0.29, 0.717) is 22.6 Å². The molecule has 1 atom stereocenters. The Morgan fingerprint density at radius 3 is 2.43 bits per heavy atom. The number of nitrogens with zero attached hydrogens (tertiary/aromatic N) is 2. The van der Waals surface area contributed by atoms with Gasteiger partial charge >= 0.3 is 6.03 Å². The van der Waals surface area contributed by atoms with Gasteiger partial charge in [-0.2, -0.15) is 0 Å². The summed E-state index contributed by atoms with van der Waals surface area (Å²) in [5.41, 5.74) is 0.0197. The molecule has 1 aromatic heterocycles. The van der Waals surface area contributed by atoms with Crippen LogP contribution in [0.25, 0.3) is 10.9 Å². The van der Waals surface area contributed by atoms with E-state index >= 15 is 0 Å². The number of hydrogen-bond donors (Lipinski definition) is 2. The number of aromatic nitrogens is 2. The molecule has 8 heteroatoms. The van der Waals surface area contributed by atoms with Crippen LogP contribution in [0.3, 0.4) is 0 Å². The average Bonchev–Trinajstić information content (AvgIpc) is 2.56. The van der Waals surface area contributed by atoms with E-state index in [9.17, 15) is 14.4 Å². The molecule has 1 aromatic carbocycles. The third-order valence-electron chi connectivity index (χ3n) is 3.75. The molecule has 0 aliphatic carbocycles. The number of rotatable bonds is 5. The largest absolute Gasteiger partial charge is 0.333 e. The quantitative estimate of drug-likeness (QED) is 0.590. The van der Waals surface area contributed by atoms with Gasteiger partial charge in [0.05, 0.1) is 16.2 Å². The van der Waals surface area contributed by atoms with Gasteiger partial charge in [0, 0.05) is 12.1 Å². The minimum atomic E-state index is -0.600. The highest BCUT2D eigenvalue weighted by Crippen LogP contribution is 2.23. The van der Waals surface area contributed by atoms with Crippen LogP contribution in [0.4, 0.5) is 4.79 Å². The number of fused-ring (bicyclic) bond motifs is 1. The first-order valence-corrected chi connectivity index (χ1v) is 10.1. The SMILES string of the molecule is CC(C)Cn1c(S[C@@H](C)C(=O)NC(=O)NC(C)(C)C)nc2ccccc2c1=O. The van der Waals surface area contributed by atoms with Crippen molar-refractivity contribution in [2.24, 2.45) is 5.92 Å². The number of amides is 3. The van der Waals surface area contributed by atoms with Gasteiger partial charge in [-0.3, -0.25) is 19.5 Å². The molecule has 2 aromatic rings. The van der Waals surface area contributed by atoms with Crippen molar-refractivity contribution >= 4 is 34.6 Å². The van der Waals surface area contributed by atoms with E-state index in [1.54, 1.807) is 23.6 Å². The standard InChI is InChI=1S/C20H28N4O3S/c1-12(2)11-24-17(26)14-9-7-8-10-15(14)21-19(24)28-13(3)16(25)22-18(27)23-20(4,5)6/h7-10,12-13H,11H2,1-6H3,(H2,22,23,25,27)/t13-/m0/s1. The predicted octanol–water partition coefficient (Wildman–Crippen LogP) is 3.16. The van der Waals surface area contributed by atoms with Crippen LogP contribution in [0.5, 0.6) is 0 Å². The van der Waals surface area contributed by atoms with Crippen molar-refractivity contribution < 1.29 is 9.59 Å². The summed E-state index contributed by atoms with van der Waals surface area (Å²) >= 11 is 1.17. The summed E-state index contributed by atoms with van der Waals surface area (Å²) in [6.07, 6.45) is 0. The lowest BCUT2D eigenvalue weighted by atomic mass is 10.1. The summed E-state index contributed by atoms with van der Waals surface area (Å²) in [5.74, 6) is -0.202. The van der Waals surface area contributed by atoms with Crippen molar-refractivity contribution in [3.05, 3.63) is 34.6 Å². The number of thioether (sulfide) groups is 1. The number of para-hydroxylation sites is 1. The number of carbonyl (C=O) groups is 2. The molecule has 28 heavy (non-hydrogen) atoms. The fourth-order valence-electron chi connectivity index (χ4n) is 2.56. The van der Waals surface area contributed by atoms with Crippen LogP contribution < -0.4 is 16.2 Å². The van der Waals surface area contributed by atoms with Gasteiger partial charge in [0.2, 0.25) is 5.91 Å². The van der Waals surface area contributed by atoms with Gasteiger partial charge in [0.15, 0.2) is 5.16 Å². The summed E-state index contributed by atoms with van der Waals surface area (Å²) in [6.45, 7) is 11.7. The lowest BCUT2D eigenvalue weighted by Crippen LogP contribution is -2.49. The van der Waals surface area contributed by atoms with E-state index < -0.39 is 22.7 Å². The normalized spacial score (nSPS) is 12.8. The zero-order valence-corrected chi connectivity index (χ0v) is 18.0. The third-order valence-corrected chi connectivity index (χ3v) is 4.84. The minimum absolute atomic E-state index is 0.125. The summed E-state index contributed by atoms with van der Waals surface area (Å²) in [7, 11) is 0. The number of nitrogens with one attached hydrogen (secondary N) is 2. The summed E-state index contributed by atoms with van der Waals surface area (Å²) in [4.78, 5) is 41.9. The van der Waals surface area contributed by atoms with Gasteiger partial charge in [-0.05, 0) is 45.7 Å². The van der Waals surface area contributed by atoms with E-state index in [1.807, 2.05) is 46.8 Å². The molecule has 2 rings (SSSR count). The molecule has 2 N–H and O–H groups in total. The van der Waals surface area contributed by atoms with Crippen molar-refractivity contribution in [1.29, 1.82) is 0 Å². The molecule has 7 nitrogen and oxygen atoms in total. The number of hydrogen-bond acceptors (Lipinski definition) is 5. The number of urea groups is 1. The molecule has 0 radical (unpaired) electrons. The van der Waals surface area contributed by atoms with Crippen molar-refractivity contribution in [3.63, 3.8) is 0 Å². The Morgan fingerprint density at radius 1 is 1.18 bits per heavy atom. The zero-order chi connectivity index (χ0) is 21.1. The minimum Gasteiger partial charge on any atom is -0.333 e. The molecular formula is C20H28N4O3S. The fourth-order valence-corrected chi connectivity index (χ4v) is 3.48. The number of benzene rings is 1. The smallest absolute Gasteiger partial charge is 0.321 e. The molecule has 0 bridgehead atoms. The molecule has 0 aliphatic heterocycles. The maximum atomic E-state index is 12.9. The van der Waals surface area contributed by atoms with E-state index in [0.717, 1.165) is 0 Å². The Labute approximate surface area is 169 Å². The maximum Gasteiger partial charge on any atom is 0.321 e. The molecule has 152 valence electrons. The lowest BCUT2D eigenvalue weighted by molar-refractivity contribution is -0.119. The Morgan fingerprint density at radius 2 is 1.82 bits per heavy atom. The summed E-state index contributed by atoms with van der Waals surface area (Å²) in [5, 5.41) is 5.45. The highest BCUT2D eigenvalue weighted by atomic mass is 32.2. The van der Waals surface area contributed by atoms with Crippen LogP contribution in [0, 0.1) is 5.92 Å². The molecule has 0 spiro atoms. The molecule has 0 saturated heterocycles. The lowest BCUT2D eigenvalue weighted by Gasteiger charge is -2.21. The first-order chi connectivity index (χ1) is 13.0. The predicted molar refractivity (Wildman–Crippen MR) is 113 cm³/mol. The number of carbonyl (C=O) groups excluding carboxylic acids is 2. The highest BCUT2D eigenvalue weighted by molar-refractivity contribution is 8.00.